The van der Waals surface area contributed by atoms with E-state index in [1.807, 2.05) is 29.3 Å². The summed E-state index contributed by atoms with van der Waals surface area (Å²) in [7, 11) is 1.59. The molecule has 1 amide bonds. The maximum Gasteiger partial charge on any atom is 0.231 e. The first-order chi connectivity index (χ1) is 12.2. The molecule has 0 bridgehead atoms. The van der Waals surface area contributed by atoms with Crippen molar-refractivity contribution in [2.45, 2.75) is 19.4 Å². The Morgan fingerprint density at radius 1 is 1.28 bits per heavy atom. The van der Waals surface area contributed by atoms with E-state index >= 15 is 0 Å². The van der Waals surface area contributed by atoms with Gasteiger partial charge in [0.1, 0.15) is 12.1 Å². The van der Waals surface area contributed by atoms with Crippen LogP contribution in [0.3, 0.4) is 0 Å². The van der Waals surface area contributed by atoms with Crippen LogP contribution in [0.2, 0.25) is 0 Å². The number of nitrogens with zero attached hydrogens (tertiary/aromatic N) is 5. The van der Waals surface area contributed by atoms with Gasteiger partial charge in [-0.25, -0.2) is 9.97 Å². The van der Waals surface area contributed by atoms with E-state index in [2.05, 4.69) is 19.9 Å². The highest BCUT2D eigenvalue weighted by molar-refractivity contribution is 5.86. The number of ether oxygens (including phenoxy) is 1. The Labute approximate surface area is 146 Å². The number of aromatic nitrogens is 3. The Balaban J connectivity index is 1.47. The highest BCUT2D eigenvalue weighted by atomic mass is 16.5. The maximum atomic E-state index is 13.1. The molecule has 2 aromatic rings. The first-order valence-corrected chi connectivity index (χ1v) is 8.49. The molecular formula is C18H21N5O2. The Hall–Kier alpha value is -2.70. The zero-order valence-corrected chi connectivity index (χ0v) is 14.3. The second-order valence-corrected chi connectivity index (χ2v) is 6.71. The van der Waals surface area contributed by atoms with Gasteiger partial charge in [-0.3, -0.25) is 9.78 Å². The van der Waals surface area contributed by atoms with Gasteiger partial charge in [0.2, 0.25) is 11.8 Å². The van der Waals surface area contributed by atoms with E-state index in [-0.39, 0.29) is 11.3 Å². The van der Waals surface area contributed by atoms with E-state index in [1.165, 1.54) is 6.33 Å². The van der Waals surface area contributed by atoms with Gasteiger partial charge in [-0.15, -0.1) is 0 Å². The molecule has 7 heteroatoms. The molecule has 4 heterocycles. The van der Waals surface area contributed by atoms with Crippen molar-refractivity contribution < 1.29 is 9.53 Å². The lowest BCUT2D eigenvalue weighted by atomic mass is 9.85. The highest BCUT2D eigenvalue weighted by Crippen LogP contribution is 2.42. The Bertz CT molecular complexity index is 769. The highest BCUT2D eigenvalue weighted by Gasteiger charge is 2.50. The normalized spacial score (nSPS) is 22.8. The van der Waals surface area contributed by atoms with Crippen LogP contribution in [0.1, 0.15) is 18.4 Å². The van der Waals surface area contributed by atoms with Crippen molar-refractivity contribution in [2.24, 2.45) is 5.41 Å². The van der Waals surface area contributed by atoms with Gasteiger partial charge in [0.25, 0.3) is 0 Å². The van der Waals surface area contributed by atoms with Crippen molar-refractivity contribution >= 4 is 11.7 Å². The number of anilines is 1. The van der Waals surface area contributed by atoms with Crippen LogP contribution < -0.4 is 9.64 Å². The van der Waals surface area contributed by atoms with Gasteiger partial charge in [0.15, 0.2) is 0 Å². The predicted molar refractivity (Wildman–Crippen MR) is 92.1 cm³/mol. The van der Waals surface area contributed by atoms with Crippen LogP contribution in [0, 0.1) is 5.41 Å². The summed E-state index contributed by atoms with van der Waals surface area (Å²) in [5, 5.41) is 0. The van der Waals surface area contributed by atoms with Crippen molar-refractivity contribution in [1.82, 2.24) is 19.9 Å². The molecule has 2 aliphatic rings. The number of rotatable bonds is 4. The second kappa shape index (κ2) is 6.31. The van der Waals surface area contributed by atoms with Crippen molar-refractivity contribution in [3.63, 3.8) is 0 Å². The number of pyridine rings is 1. The van der Waals surface area contributed by atoms with Gasteiger partial charge < -0.3 is 14.5 Å². The quantitative estimate of drug-likeness (QED) is 0.841. The lowest BCUT2D eigenvalue weighted by Gasteiger charge is -2.24. The first kappa shape index (κ1) is 15.8. The Morgan fingerprint density at radius 2 is 2.16 bits per heavy atom. The minimum Gasteiger partial charge on any atom is -0.481 e. The Morgan fingerprint density at radius 3 is 2.96 bits per heavy atom. The predicted octanol–water partition coefficient (Wildman–Crippen LogP) is 1.51. The Kier molecular flexibility index (Phi) is 3.99. The summed E-state index contributed by atoms with van der Waals surface area (Å²) in [6.07, 6.45) is 6.84. The molecule has 2 fully saturated rings. The van der Waals surface area contributed by atoms with E-state index < -0.39 is 0 Å². The average Bonchev–Trinajstić information content (AvgIpc) is 3.23. The monoisotopic (exact) mass is 339 g/mol. The molecule has 0 aliphatic carbocycles. The molecule has 2 saturated heterocycles. The standard InChI is InChI=1S/C18H21N5O2/c1-25-16-9-15(20-13-21-16)23-8-5-18(12-23)4-7-22(17(18)24)11-14-3-2-6-19-10-14/h2-3,6,9-10,13H,4-5,7-8,11-12H2,1H3. The second-order valence-electron chi connectivity index (χ2n) is 6.71. The summed E-state index contributed by atoms with van der Waals surface area (Å²) in [6, 6.07) is 5.75. The van der Waals surface area contributed by atoms with E-state index in [9.17, 15) is 4.79 Å². The van der Waals surface area contributed by atoms with E-state index in [4.69, 9.17) is 4.74 Å². The molecule has 4 rings (SSSR count). The molecule has 0 N–H and O–H groups in total. The molecule has 1 spiro atoms. The number of amides is 1. The fourth-order valence-electron chi connectivity index (χ4n) is 3.82. The molecule has 0 aromatic carbocycles. The number of hydrogen-bond acceptors (Lipinski definition) is 6. The number of carbonyl (C=O) groups is 1. The summed E-state index contributed by atoms with van der Waals surface area (Å²) >= 11 is 0. The molecular weight excluding hydrogens is 318 g/mol. The molecule has 0 saturated carbocycles. The van der Waals surface area contributed by atoms with Gasteiger partial charge in [-0.05, 0) is 24.5 Å². The topological polar surface area (TPSA) is 71.5 Å². The van der Waals surface area contributed by atoms with Gasteiger partial charge in [-0.2, -0.15) is 0 Å². The summed E-state index contributed by atoms with van der Waals surface area (Å²) in [6.45, 7) is 2.96. The number of methoxy groups -OCH3 is 1. The molecule has 7 nitrogen and oxygen atoms in total. The summed E-state index contributed by atoms with van der Waals surface area (Å²) < 4.78 is 5.18. The van der Waals surface area contributed by atoms with Crippen LogP contribution >= 0.6 is 0 Å². The maximum absolute atomic E-state index is 13.1. The van der Waals surface area contributed by atoms with Crippen molar-refractivity contribution in [2.75, 3.05) is 31.6 Å². The number of hydrogen-bond donors (Lipinski definition) is 0. The molecule has 1 atom stereocenters. The van der Waals surface area contributed by atoms with Crippen molar-refractivity contribution in [3.8, 4) is 5.88 Å². The van der Waals surface area contributed by atoms with Gasteiger partial charge >= 0.3 is 0 Å². The van der Waals surface area contributed by atoms with E-state index in [0.29, 0.717) is 19.0 Å². The molecule has 25 heavy (non-hydrogen) atoms. The van der Waals surface area contributed by atoms with Gasteiger partial charge in [0.05, 0.1) is 12.5 Å². The average molecular weight is 339 g/mol. The lowest BCUT2D eigenvalue weighted by Crippen LogP contribution is -2.36. The molecule has 1 unspecified atom stereocenters. The van der Waals surface area contributed by atoms with E-state index in [0.717, 1.165) is 37.3 Å². The van der Waals surface area contributed by atoms with Crippen molar-refractivity contribution in [1.29, 1.82) is 0 Å². The lowest BCUT2D eigenvalue weighted by molar-refractivity contribution is -0.135. The molecule has 130 valence electrons. The summed E-state index contributed by atoms with van der Waals surface area (Å²) in [5.74, 6) is 1.61. The molecule has 2 aliphatic heterocycles. The third-order valence-electron chi connectivity index (χ3n) is 5.21. The van der Waals surface area contributed by atoms with Crippen LogP contribution in [0.25, 0.3) is 0 Å². The van der Waals surface area contributed by atoms with Crippen LogP contribution in [0.4, 0.5) is 5.82 Å². The van der Waals surface area contributed by atoms with Crippen LogP contribution in [0.5, 0.6) is 5.88 Å². The van der Waals surface area contributed by atoms with E-state index in [1.54, 1.807) is 13.3 Å². The van der Waals surface area contributed by atoms with Crippen molar-refractivity contribution in [3.05, 3.63) is 42.5 Å². The third-order valence-corrected chi connectivity index (χ3v) is 5.21. The third kappa shape index (κ3) is 2.90. The number of carbonyl (C=O) groups excluding carboxylic acids is 1. The largest absolute Gasteiger partial charge is 0.481 e. The van der Waals surface area contributed by atoms with Crippen LogP contribution in [-0.4, -0.2) is 52.5 Å². The van der Waals surface area contributed by atoms with Gasteiger partial charge in [0, 0.05) is 44.6 Å². The fourth-order valence-corrected chi connectivity index (χ4v) is 3.82. The molecule has 0 radical (unpaired) electrons. The van der Waals surface area contributed by atoms with Crippen LogP contribution in [-0.2, 0) is 11.3 Å². The van der Waals surface area contributed by atoms with Gasteiger partial charge in [-0.1, -0.05) is 6.07 Å². The summed E-state index contributed by atoms with van der Waals surface area (Å²) in [4.78, 5) is 29.7. The minimum atomic E-state index is -0.291. The molecule has 2 aromatic heterocycles. The fraction of sp³-hybridized carbons (Fsp3) is 0.444. The smallest absolute Gasteiger partial charge is 0.231 e. The summed E-state index contributed by atoms with van der Waals surface area (Å²) in [5.41, 5.74) is 0.781. The zero-order chi connectivity index (χ0) is 17.3. The number of likely N-dealkylation sites (tertiary alicyclic amines) is 1. The first-order valence-electron chi connectivity index (χ1n) is 8.49. The van der Waals surface area contributed by atoms with Crippen LogP contribution in [0.15, 0.2) is 36.9 Å². The minimum absolute atomic E-state index is 0.250. The zero-order valence-electron chi connectivity index (χ0n) is 14.3. The SMILES string of the molecule is COc1cc(N2CCC3(CCN(Cc4cccnc4)C3=O)C2)ncn1.